The SMILES string of the molecule is CC.O=C(O)C(=O)c1ccncc1. The van der Waals surface area contributed by atoms with Crippen molar-refractivity contribution in [1.29, 1.82) is 0 Å². The molecule has 0 atom stereocenters. The second kappa shape index (κ2) is 5.88. The van der Waals surface area contributed by atoms with Gasteiger partial charge in [-0.25, -0.2) is 4.79 Å². The number of hydrogen-bond donors (Lipinski definition) is 1. The van der Waals surface area contributed by atoms with Crippen molar-refractivity contribution in [3.05, 3.63) is 30.1 Å². The van der Waals surface area contributed by atoms with E-state index in [1.54, 1.807) is 0 Å². The molecule has 0 aromatic carbocycles. The minimum atomic E-state index is -1.45. The number of aliphatic carboxylic acids is 1. The van der Waals surface area contributed by atoms with Crippen LogP contribution in [0.1, 0.15) is 24.2 Å². The Kier molecular flexibility index (Phi) is 5.11. The lowest BCUT2D eigenvalue weighted by molar-refractivity contribution is -0.131. The molecule has 0 unspecified atom stereocenters. The summed E-state index contributed by atoms with van der Waals surface area (Å²) in [7, 11) is 0. The summed E-state index contributed by atoms with van der Waals surface area (Å²) in [6, 6.07) is 2.72. The second-order valence-corrected chi connectivity index (χ2v) is 1.87. The Morgan fingerprint density at radius 3 is 2.08 bits per heavy atom. The number of ketones is 1. The van der Waals surface area contributed by atoms with E-state index < -0.39 is 11.8 Å². The molecular weight excluding hydrogens is 170 g/mol. The molecule has 1 heterocycles. The molecule has 0 amide bonds. The predicted octanol–water partition coefficient (Wildman–Crippen LogP) is 1.38. The molecule has 4 heteroatoms. The number of Topliss-reactive ketones (excluding diaryl/α,β-unsaturated/α-hetero) is 1. The zero-order valence-corrected chi connectivity index (χ0v) is 7.52. The molecule has 0 aliphatic rings. The summed E-state index contributed by atoms with van der Waals surface area (Å²) in [6.45, 7) is 4.00. The monoisotopic (exact) mass is 181 g/mol. The van der Waals surface area contributed by atoms with Crippen LogP contribution < -0.4 is 0 Å². The normalized spacial score (nSPS) is 8.15. The van der Waals surface area contributed by atoms with Crippen LogP contribution in [-0.2, 0) is 4.79 Å². The van der Waals surface area contributed by atoms with Crippen molar-refractivity contribution in [2.75, 3.05) is 0 Å². The Hall–Kier alpha value is -1.71. The van der Waals surface area contributed by atoms with E-state index in [-0.39, 0.29) is 5.56 Å². The minimum Gasteiger partial charge on any atom is -0.475 e. The number of hydrogen-bond acceptors (Lipinski definition) is 3. The molecule has 0 radical (unpaired) electrons. The van der Waals surface area contributed by atoms with Gasteiger partial charge in [0, 0.05) is 18.0 Å². The summed E-state index contributed by atoms with van der Waals surface area (Å²) in [6.07, 6.45) is 2.74. The summed E-state index contributed by atoms with van der Waals surface area (Å²) in [5, 5.41) is 8.27. The van der Waals surface area contributed by atoms with Crippen LogP contribution in [0.5, 0.6) is 0 Å². The maximum atomic E-state index is 10.7. The van der Waals surface area contributed by atoms with Gasteiger partial charge in [-0.05, 0) is 12.1 Å². The summed E-state index contributed by atoms with van der Waals surface area (Å²) >= 11 is 0. The first-order valence-electron chi connectivity index (χ1n) is 3.89. The fourth-order valence-corrected chi connectivity index (χ4v) is 0.627. The molecule has 0 bridgehead atoms. The molecule has 0 aliphatic carbocycles. The molecule has 0 saturated heterocycles. The maximum Gasteiger partial charge on any atom is 0.377 e. The lowest BCUT2D eigenvalue weighted by Gasteiger charge is -1.91. The van der Waals surface area contributed by atoms with E-state index in [1.165, 1.54) is 24.5 Å². The number of carboxylic acid groups (broad SMARTS) is 1. The Bertz CT molecular complexity index is 282. The molecule has 1 aromatic heterocycles. The molecule has 1 aromatic rings. The molecule has 70 valence electrons. The van der Waals surface area contributed by atoms with Crippen molar-refractivity contribution in [3.63, 3.8) is 0 Å². The first-order valence-corrected chi connectivity index (χ1v) is 3.89. The third kappa shape index (κ3) is 3.46. The first-order chi connectivity index (χ1) is 6.22. The lowest BCUT2D eigenvalue weighted by Crippen LogP contribution is -2.12. The molecule has 0 saturated carbocycles. The van der Waals surface area contributed by atoms with Crippen molar-refractivity contribution in [1.82, 2.24) is 4.98 Å². The third-order valence-electron chi connectivity index (χ3n) is 1.14. The van der Waals surface area contributed by atoms with Gasteiger partial charge in [0.05, 0.1) is 0 Å². The van der Waals surface area contributed by atoms with Gasteiger partial charge >= 0.3 is 5.97 Å². The fourth-order valence-electron chi connectivity index (χ4n) is 0.627. The van der Waals surface area contributed by atoms with E-state index in [0.29, 0.717) is 0 Å². The van der Waals surface area contributed by atoms with Gasteiger partial charge in [0.15, 0.2) is 0 Å². The zero-order valence-electron chi connectivity index (χ0n) is 7.52. The standard InChI is InChI=1S/C7H5NO3.C2H6/c9-6(7(10)11)5-1-3-8-4-2-5;1-2/h1-4H,(H,10,11);1-2H3. The highest BCUT2D eigenvalue weighted by Crippen LogP contribution is 1.96. The van der Waals surface area contributed by atoms with E-state index in [4.69, 9.17) is 5.11 Å². The number of pyridine rings is 1. The summed E-state index contributed by atoms with van der Waals surface area (Å²) in [5.41, 5.74) is 0.146. The lowest BCUT2D eigenvalue weighted by atomic mass is 10.2. The Morgan fingerprint density at radius 2 is 1.69 bits per heavy atom. The average Bonchev–Trinajstić information content (AvgIpc) is 2.21. The Morgan fingerprint density at radius 1 is 1.23 bits per heavy atom. The van der Waals surface area contributed by atoms with Crippen LogP contribution in [0.4, 0.5) is 0 Å². The Labute approximate surface area is 76.2 Å². The van der Waals surface area contributed by atoms with E-state index in [2.05, 4.69) is 4.98 Å². The van der Waals surface area contributed by atoms with E-state index in [0.717, 1.165) is 0 Å². The van der Waals surface area contributed by atoms with Crippen LogP contribution in [-0.4, -0.2) is 21.8 Å². The molecule has 0 spiro atoms. The molecular formula is C9H11NO3. The second-order valence-electron chi connectivity index (χ2n) is 1.87. The quantitative estimate of drug-likeness (QED) is 0.552. The van der Waals surface area contributed by atoms with Gasteiger partial charge in [-0.3, -0.25) is 9.78 Å². The van der Waals surface area contributed by atoms with Gasteiger partial charge in [0.2, 0.25) is 0 Å². The van der Waals surface area contributed by atoms with Gasteiger partial charge in [-0.15, -0.1) is 0 Å². The average molecular weight is 181 g/mol. The zero-order chi connectivity index (χ0) is 10.3. The highest BCUT2D eigenvalue weighted by atomic mass is 16.4. The largest absolute Gasteiger partial charge is 0.475 e. The van der Waals surface area contributed by atoms with Crippen LogP contribution in [0, 0.1) is 0 Å². The van der Waals surface area contributed by atoms with Crippen molar-refractivity contribution in [2.24, 2.45) is 0 Å². The number of rotatable bonds is 2. The van der Waals surface area contributed by atoms with Crippen LogP contribution in [0.25, 0.3) is 0 Å². The molecule has 13 heavy (non-hydrogen) atoms. The minimum absolute atomic E-state index is 0.146. The molecule has 1 N–H and O–H groups in total. The van der Waals surface area contributed by atoms with Crippen molar-refractivity contribution < 1.29 is 14.7 Å². The predicted molar refractivity (Wildman–Crippen MR) is 47.6 cm³/mol. The summed E-state index contributed by atoms with van der Waals surface area (Å²) < 4.78 is 0. The number of aromatic nitrogens is 1. The number of carbonyl (C=O) groups excluding carboxylic acids is 1. The Balaban J connectivity index is 0.000000671. The first kappa shape index (κ1) is 11.3. The van der Waals surface area contributed by atoms with Crippen LogP contribution in [0.2, 0.25) is 0 Å². The van der Waals surface area contributed by atoms with Crippen molar-refractivity contribution >= 4 is 11.8 Å². The van der Waals surface area contributed by atoms with Crippen molar-refractivity contribution in [3.8, 4) is 0 Å². The topological polar surface area (TPSA) is 67.3 Å². The maximum absolute atomic E-state index is 10.7. The van der Waals surface area contributed by atoms with Crippen LogP contribution in [0.15, 0.2) is 24.5 Å². The number of carboxylic acids is 1. The molecule has 0 aliphatic heterocycles. The highest BCUT2D eigenvalue weighted by molar-refractivity contribution is 6.39. The molecule has 4 nitrogen and oxygen atoms in total. The van der Waals surface area contributed by atoms with Crippen molar-refractivity contribution in [2.45, 2.75) is 13.8 Å². The van der Waals surface area contributed by atoms with Gasteiger partial charge in [-0.1, -0.05) is 13.8 Å². The summed E-state index contributed by atoms with van der Waals surface area (Å²) in [4.78, 5) is 24.5. The van der Waals surface area contributed by atoms with Gasteiger partial charge in [0.25, 0.3) is 5.78 Å². The summed E-state index contributed by atoms with van der Waals surface area (Å²) in [5.74, 6) is -2.36. The van der Waals surface area contributed by atoms with E-state index >= 15 is 0 Å². The van der Waals surface area contributed by atoms with Gasteiger partial charge in [-0.2, -0.15) is 0 Å². The number of carbonyl (C=O) groups is 2. The highest BCUT2D eigenvalue weighted by Gasteiger charge is 2.12. The fraction of sp³-hybridized carbons (Fsp3) is 0.222. The van der Waals surface area contributed by atoms with Crippen LogP contribution in [0.3, 0.4) is 0 Å². The third-order valence-corrected chi connectivity index (χ3v) is 1.14. The van der Waals surface area contributed by atoms with Crippen LogP contribution >= 0.6 is 0 Å². The van der Waals surface area contributed by atoms with E-state index in [1.807, 2.05) is 13.8 Å². The molecule has 0 fully saturated rings. The molecule has 1 rings (SSSR count). The van der Waals surface area contributed by atoms with E-state index in [9.17, 15) is 9.59 Å². The smallest absolute Gasteiger partial charge is 0.377 e. The van der Waals surface area contributed by atoms with Gasteiger partial charge < -0.3 is 5.11 Å². The number of nitrogens with zero attached hydrogens (tertiary/aromatic N) is 1. The van der Waals surface area contributed by atoms with Gasteiger partial charge in [0.1, 0.15) is 0 Å².